The number of carbonyl (C=O) groups excluding carboxylic acids is 1. The van der Waals surface area contributed by atoms with Gasteiger partial charge in [-0.2, -0.15) is 0 Å². The first kappa shape index (κ1) is 13.6. The van der Waals surface area contributed by atoms with Crippen LogP contribution in [0.15, 0.2) is 24.3 Å². The van der Waals surface area contributed by atoms with Crippen molar-refractivity contribution >= 4 is 5.91 Å². The van der Waals surface area contributed by atoms with Crippen molar-refractivity contribution in [1.29, 1.82) is 0 Å². The zero-order chi connectivity index (χ0) is 12.8. The first-order valence-electron chi connectivity index (χ1n) is 5.65. The number of nitrogens with zero attached hydrogens (tertiary/aromatic N) is 1. The first-order chi connectivity index (χ1) is 8.04. The Bertz CT molecular complexity index is 381. The minimum Gasteiger partial charge on any atom is -0.395 e. The molecule has 1 atom stereocenters. The van der Waals surface area contributed by atoms with E-state index in [1.54, 1.807) is 13.1 Å². The van der Waals surface area contributed by atoms with Gasteiger partial charge in [0, 0.05) is 20.0 Å². The van der Waals surface area contributed by atoms with Crippen molar-refractivity contribution in [3.63, 3.8) is 0 Å². The van der Waals surface area contributed by atoms with Crippen molar-refractivity contribution in [3.05, 3.63) is 35.6 Å². The van der Waals surface area contributed by atoms with E-state index in [1.165, 1.54) is 17.0 Å². The number of rotatable bonds is 5. The van der Waals surface area contributed by atoms with E-state index in [9.17, 15) is 9.18 Å². The highest BCUT2D eigenvalue weighted by molar-refractivity contribution is 5.76. The smallest absolute Gasteiger partial charge is 0.222 e. The molecule has 0 aliphatic carbocycles. The molecule has 1 amide bonds. The molecular formula is C13H18FNO2. The van der Waals surface area contributed by atoms with Crippen LogP contribution in [0.25, 0.3) is 0 Å². The van der Waals surface area contributed by atoms with Crippen LogP contribution < -0.4 is 0 Å². The van der Waals surface area contributed by atoms with Gasteiger partial charge in [-0.25, -0.2) is 4.39 Å². The summed E-state index contributed by atoms with van der Waals surface area (Å²) < 4.78 is 13.0. The predicted octanol–water partition coefficient (Wildman–Crippen LogP) is 1.77. The standard InChI is InChI=1S/C13H18FNO2/c1-10(8-13(17)15(2)6-7-16)11-4-3-5-12(14)9-11/h3-5,9-10,16H,6-8H2,1-2H3. The molecule has 0 saturated heterocycles. The Labute approximate surface area is 101 Å². The Kier molecular flexibility index (Phi) is 5.10. The molecule has 1 N–H and O–H groups in total. The maximum absolute atomic E-state index is 13.0. The largest absolute Gasteiger partial charge is 0.395 e. The summed E-state index contributed by atoms with van der Waals surface area (Å²) in [4.78, 5) is 13.2. The molecular weight excluding hydrogens is 221 g/mol. The minimum atomic E-state index is -0.287. The van der Waals surface area contributed by atoms with E-state index in [2.05, 4.69) is 0 Å². The lowest BCUT2D eigenvalue weighted by Gasteiger charge is -2.18. The molecule has 0 saturated carbocycles. The maximum atomic E-state index is 13.0. The van der Waals surface area contributed by atoms with Crippen molar-refractivity contribution < 1.29 is 14.3 Å². The molecule has 3 nitrogen and oxygen atoms in total. The van der Waals surface area contributed by atoms with Gasteiger partial charge in [-0.1, -0.05) is 19.1 Å². The van der Waals surface area contributed by atoms with E-state index in [0.29, 0.717) is 13.0 Å². The summed E-state index contributed by atoms with van der Waals surface area (Å²) >= 11 is 0. The van der Waals surface area contributed by atoms with Crippen LogP contribution >= 0.6 is 0 Å². The average Bonchev–Trinajstić information content (AvgIpc) is 2.29. The average molecular weight is 239 g/mol. The number of hydrogen-bond donors (Lipinski definition) is 1. The summed E-state index contributed by atoms with van der Waals surface area (Å²) in [7, 11) is 1.65. The maximum Gasteiger partial charge on any atom is 0.222 e. The van der Waals surface area contributed by atoms with E-state index in [1.807, 2.05) is 13.0 Å². The highest BCUT2D eigenvalue weighted by Crippen LogP contribution is 2.20. The molecule has 1 rings (SSSR count). The lowest BCUT2D eigenvalue weighted by molar-refractivity contribution is -0.130. The van der Waals surface area contributed by atoms with Crippen molar-refractivity contribution in [2.75, 3.05) is 20.2 Å². The molecule has 0 fully saturated rings. The van der Waals surface area contributed by atoms with Gasteiger partial charge in [-0.05, 0) is 23.6 Å². The van der Waals surface area contributed by atoms with Crippen molar-refractivity contribution in [2.24, 2.45) is 0 Å². The van der Waals surface area contributed by atoms with E-state index < -0.39 is 0 Å². The molecule has 1 unspecified atom stereocenters. The lowest BCUT2D eigenvalue weighted by Crippen LogP contribution is -2.30. The molecule has 1 aromatic carbocycles. The molecule has 0 aliphatic rings. The van der Waals surface area contributed by atoms with E-state index in [0.717, 1.165) is 5.56 Å². The van der Waals surface area contributed by atoms with Crippen LogP contribution in [0.4, 0.5) is 4.39 Å². The molecule has 0 spiro atoms. The third kappa shape index (κ3) is 4.15. The molecule has 0 bridgehead atoms. The number of benzene rings is 1. The van der Waals surface area contributed by atoms with E-state index in [-0.39, 0.29) is 24.2 Å². The number of hydrogen-bond acceptors (Lipinski definition) is 2. The monoisotopic (exact) mass is 239 g/mol. The second-order valence-electron chi connectivity index (χ2n) is 4.20. The molecule has 0 aromatic heterocycles. The van der Waals surface area contributed by atoms with Gasteiger partial charge in [0.2, 0.25) is 5.91 Å². The third-order valence-corrected chi connectivity index (χ3v) is 2.76. The number of aliphatic hydroxyl groups is 1. The quantitative estimate of drug-likeness (QED) is 0.850. The molecule has 0 aliphatic heterocycles. The molecule has 0 radical (unpaired) electrons. The number of aliphatic hydroxyl groups excluding tert-OH is 1. The van der Waals surface area contributed by atoms with Crippen molar-refractivity contribution in [1.82, 2.24) is 4.90 Å². The summed E-state index contributed by atoms with van der Waals surface area (Å²) in [6.45, 7) is 2.17. The second-order valence-corrected chi connectivity index (χ2v) is 4.20. The van der Waals surface area contributed by atoms with Crippen LogP contribution in [0, 0.1) is 5.82 Å². The van der Waals surface area contributed by atoms with Gasteiger partial charge < -0.3 is 10.0 Å². The molecule has 0 heterocycles. The van der Waals surface area contributed by atoms with Gasteiger partial charge >= 0.3 is 0 Å². The fraction of sp³-hybridized carbons (Fsp3) is 0.462. The second kappa shape index (κ2) is 6.35. The van der Waals surface area contributed by atoms with Gasteiger partial charge in [0.15, 0.2) is 0 Å². The Morgan fingerprint density at radius 1 is 1.53 bits per heavy atom. The number of amides is 1. The van der Waals surface area contributed by atoms with Crippen LogP contribution in [0.5, 0.6) is 0 Å². The predicted molar refractivity (Wildman–Crippen MR) is 64.2 cm³/mol. The topological polar surface area (TPSA) is 40.5 Å². The third-order valence-electron chi connectivity index (χ3n) is 2.76. The Morgan fingerprint density at radius 2 is 2.24 bits per heavy atom. The summed E-state index contributed by atoms with van der Waals surface area (Å²) in [5.41, 5.74) is 0.816. The summed E-state index contributed by atoms with van der Waals surface area (Å²) in [6, 6.07) is 6.29. The van der Waals surface area contributed by atoms with Crippen LogP contribution in [0.2, 0.25) is 0 Å². The fourth-order valence-corrected chi connectivity index (χ4v) is 1.62. The highest BCUT2D eigenvalue weighted by Gasteiger charge is 2.14. The number of carbonyl (C=O) groups is 1. The van der Waals surface area contributed by atoms with E-state index in [4.69, 9.17) is 5.11 Å². The summed E-state index contributed by atoms with van der Waals surface area (Å²) in [6.07, 6.45) is 0.319. The van der Waals surface area contributed by atoms with Crippen LogP contribution in [-0.2, 0) is 4.79 Å². The van der Waals surface area contributed by atoms with Gasteiger partial charge in [-0.3, -0.25) is 4.79 Å². The van der Waals surface area contributed by atoms with Crippen LogP contribution in [-0.4, -0.2) is 36.1 Å². The lowest BCUT2D eigenvalue weighted by atomic mass is 9.97. The summed E-state index contributed by atoms with van der Waals surface area (Å²) in [5, 5.41) is 8.73. The highest BCUT2D eigenvalue weighted by atomic mass is 19.1. The Balaban J connectivity index is 2.60. The van der Waals surface area contributed by atoms with Crippen LogP contribution in [0.3, 0.4) is 0 Å². The van der Waals surface area contributed by atoms with Crippen molar-refractivity contribution in [2.45, 2.75) is 19.3 Å². The first-order valence-corrected chi connectivity index (χ1v) is 5.65. The molecule has 17 heavy (non-hydrogen) atoms. The van der Waals surface area contributed by atoms with Crippen LogP contribution in [0.1, 0.15) is 24.8 Å². The zero-order valence-electron chi connectivity index (χ0n) is 10.2. The van der Waals surface area contributed by atoms with Gasteiger partial charge in [0.1, 0.15) is 5.82 Å². The molecule has 94 valence electrons. The van der Waals surface area contributed by atoms with Gasteiger partial charge in [-0.15, -0.1) is 0 Å². The van der Waals surface area contributed by atoms with Gasteiger partial charge in [0.25, 0.3) is 0 Å². The summed E-state index contributed by atoms with van der Waals surface area (Å²) in [5.74, 6) is -0.360. The van der Waals surface area contributed by atoms with Gasteiger partial charge in [0.05, 0.1) is 6.61 Å². The zero-order valence-corrected chi connectivity index (χ0v) is 10.2. The van der Waals surface area contributed by atoms with Crippen molar-refractivity contribution in [3.8, 4) is 0 Å². The molecule has 1 aromatic rings. The fourth-order valence-electron chi connectivity index (χ4n) is 1.62. The Morgan fingerprint density at radius 3 is 2.82 bits per heavy atom. The Hall–Kier alpha value is -1.42. The minimum absolute atomic E-state index is 0.0284. The SMILES string of the molecule is CC(CC(=O)N(C)CCO)c1cccc(F)c1. The molecule has 4 heteroatoms. The number of likely N-dealkylation sites (N-methyl/N-ethyl adjacent to an activating group) is 1. The number of halogens is 1. The van der Waals surface area contributed by atoms with E-state index >= 15 is 0 Å². The normalized spacial score (nSPS) is 12.2.